The van der Waals surface area contributed by atoms with E-state index in [4.69, 9.17) is 23.7 Å². The highest BCUT2D eigenvalue weighted by atomic mass is 16.5. The third-order valence-electron chi connectivity index (χ3n) is 4.95. The number of aliphatic hydroxyl groups is 2. The summed E-state index contributed by atoms with van der Waals surface area (Å²) in [5.41, 5.74) is -0.779. The van der Waals surface area contributed by atoms with Crippen LogP contribution in [-0.4, -0.2) is 75.3 Å². The molecule has 0 amide bonds. The molecular formula is C20H30O7. The van der Waals surface area contributed by atoms with E-state index in [1.54, 1.807) is 26.0 Å². The molecule has 27 heavy (non-hydrogen) atoms. The fourth-order valence-corrected chi connectivity index (χ4v) is 3.31. The zero-order valence-corrected chi connectivity index (χ0v) is 16.8. The summed E-state index contributed by atoms with van der Waals surface area (Å²) >= 11 is 0. The first-order chi connectivity index (χ1) is 12.7. The molecule has 2 N–H and O–H groups in total. The molecule has 0 spiro atoms. The maximum absolute atomic E-state index is 10.5. The zero-order chi connectivity index (χ0) is 20.2. The van der Waals surface area contributed by atoms with E-state index in [0.717, 1.165) is 11.1 Å². The summed E-state index contributed by atoms with van der Waals surface area (Å²) in [5.74, 6) is 0.841. The summed E-state index contributed by atoms with van der Waals surface area (Å²) in [4.78, 5) is 0. The Kier molecular flexibility index (Phi) is 6.88. The Balaban J connectivity index is 2.06. The molecule has 2 rings (SSSR count). The molecule has 152 valence electrons. The number of ether oxygens (including phenoxy) is 5. The first kappa shape index (κ1) is 21.7. The van der Waals surface area contributed by atoms with Gasteiger partial charge in [-0.3, -0.25) is 0 Å². The highest BCUT2D eigenvalue weighted by Crippen LogP contribution is 2.32. The maximum atomic E-state index is 10.5. The van der Waals surface area contributed by atoms with Crippen LogP contribution >= 0.6 is 0 Å². The number of hydrogen-bond donors (Lipinski definition) is 2. The first-order valence-corrected chi connectivity index (χ1v) is 8.72. The van der Waals surface area contributed by atoms with E-state index in [2.05, 4.69) is 0 Å². The minimum absolute atomic E-state index is 0.310. The van der Waals surface area contributed by atoms with Crippen LogP contribution in [0.2, 0.25) is 0 Å². The van der Waals surface area contributed by atoms with Gasteiger partial charge in [0.05, 0.1) is 27.4 Å². The summed E-state index contributed by atoms with van der Waals surface area (Å²) in [7, 11) is 6.09. The van der Waals surface area contributed by atoms with Crippen LogP contribution in [0.25, 0.3) is 0 Å². The van der Waals surface area contributed by atoms with Crippen LogP contribution in [0.3, 0.4) is 0 Å². The van der Waals surface area contributed by atoms with E-state index in [1.807, 2.05) is 12.2 Å². The molecule has 4 atom stereocenters. The van der Waals surface area contributed by atoms with Gasteiger partial charge in [0.25, 0.3) is 0 Å². The van der Waals surface area contributed by atoms with Crippen molar-refractivity contribution in [2.45, 2.75) is 37.3 Å². The number of rotatable bonds is 8. The van der Waals surface area contributed by atoms with Crippen LogP contribution in [0.5, 0.6) is 0 Å². The zero-order valence-electron chi connectivity index (χ0n) is 16.8. The van der Waals surface area contributed by atoms with Crippen molar-refractivity contribution >= 4 is 0 Å². The lowest BCUT2D eigenvalue weighted by atomic mass is 9.88. The summed E-state index contributed by atoms with van der Waals surface area (Å²) < 4.78 is 27.1. The summed E-state index contributed by atoms with van der Waals surface area (Å²) in [6, 6.07) is 0. The SMILES string of the molecule is COC1=CC(COCC2=CC(OC)C(C)(O)C(OC)=C2)=CC(OC)C1(C)O. The fraction of sp³-hybridized carbons (Fsp3) is 0.600. The van der Waals surface area contributed by atoms with Crippen LogP contribution in [0.1, 0.15) is 13.8 Å². The van der Waals surface area contributed by atoms with Crippen LogP contribution in [-0.2, 0) is 23.7 Å². The molecule has 0 aromatic rings. The van der Waals surface area contributed by atoms with Crippen molar-refractivity contribution in [3.05, 3.63) is 47.0 Å². The molecule has 7 nitrogen and oxygen atoms in total. The lowest BCUT2D eigenvalue weighted by Gasteiger charge is -2.35. The van der Waals surface area contributed by atoms with E-state index in [1.165, 1.54) is 28.4 Å². The Labute approximate surface area is 160 Å². The van der Waals surface area contributed by atoms with Gasteiger partial charge in [0.15, 0.2) is 0 Å². The Bertz CT molecular complexity index is 599. The topological polar surface area (TPSA) is 86.6 Å². The minimum atomic E-state index is -1.23. The quantitative estimate of drug-likeness (QED) is 0.657. The van der Waals surface area contributed by atoms with Crippen molar-refractivity contribution < 1.29 is 33.9 Å². The second kappa shape index (κ2) is 8.58. The molecule has 0 aromatic carbocycles. The summed E-state index contributed by atoms with van der Waals surface area (Å²) in [5, 5.41) is 21.1. The van der Waals surface area contributed by atoms with E-state index >= 15 is 0 Å². The molecule has 0 saturated carbocycles. The average Bonchev–Trinajstić information content (AvgIpc) is 2.62. The maximum Gasteiger partial charge on any atom is 0.148 e. The fourth-order valence-electron chi connectivity index (χ4n) is 3.31. The molecule has 0 saturated heterocycles. The largest absolute Gasteiger partial charge is 0.498 e. The highest BCUT2D eigenvalue weighted by molar-refractivity contribution is 5.36. The Morgan fingerprint density at radius 2 is 1.15 bits per heavy atom. The van der Waals surface area contributed by atoms with Gasteiger partial charge >= 0.3 is 0 Å². The van der Waals surface area contributed by atoms with Crippen molar-refractivity contribution in [2.75, 3.05) is 41.7 Å². The van der Waals surface area contributed by atoms with Gasteiger partial charge in [-0.2, -0.15) is 0 Å². The number of methoxy groups -OCH3 is 4. The van der Waals surface area contributed by atoms with Gasteiger partial charge in [0.1, 0.15) is 34.9 Å². The standard InChI is InChI=1S/C20H30O7/c1-19(21)15(23-3)7-13(8-16(19)24-4)11-27-12-14-9-17(25-5)20(2,22)18(10-14)26-6/h7-10,15,17,21-22H,11-12H2,1-6H3. The van der Waals surface area contributed by atoms with Gasteiger partial charge in [-0.1, -0.05) is 0 Å². The van der Waals surface area contributed by atoms with Gasteiger partial charge in [-0.05, 0) is 49.3 Å². The Morgan fingerprint density at radius 3 is 1.44 bits per heavy atom. The third-order valence-corrected chi connectivity index (χ3v) is 4.95. The molecule has 0 fully saturated rings. The van der Waals surface area contributed by atoms with Crippen molar-refractivity contribution in [3.63, 3.8) is 0 Å². The van der Waals surface area contributed by atoms with E-state index in [9.17, 15) is 10.2 Å². The predicted octanol–water partition coefficient (Wildman–Crippen LogP) is 1.48. The molecule has 0 bridgehead atoms. The molecular weight excluding hydrogens is 352 g/mol. The van der Waals surface area contributed by atoms with Crippen molar-refractivity contribution in [1.82, 2.24) is 0 Å². The molecule has 0 heterocycles. The van der Waals surface area contributed by atoms with Gasteiger partial charge in [0, 0.05) is 14.2 Å². The van der Waals surface area contributed by atoms with Gasteiger partial charge < -0.3 is 33.9 Å². The van der Waals surface area contributed by atoms with Crippen molar-refractivity contribution in [3.8, 4) is 0 Å². The summed E-state index contributed by atoms with van der Waals surface area (Å²) in [6.07, 6.45) is 6.08. The van der Waals surface area contributed by atoms with Gasteiger partial charge in [0.2, 0.25) is 0 Å². The number of hydrogen-bond acceptors (Lipinski definition) is 7. The Morgan fingerprint density at radius 1 is 0.778 bits per heavy atom. The van der Waals surface area contributed by atoms with Gasteiger partial charge in [-0.25, -0.2) is 0 Å². The second-order valence-corrected chi connectivity index (χ2v) is 7.01. The molecule has 0 aliphatic heterocycles. The molecule has 2 aliphatic rings. The minimum Gasteiger partial charge on any atom is -0.498 e. The molecule has 4 unspecified atom stereocenters. The molecule has 0 aromatic heterocycles. The van der Waals surface area contributed by atoms with Crippen LogP contribution in [0.4, 0.5) is 0 Å². The van der Waals surface area contributed by atoms with Gasteiger partial charge in [-0.15, -0.1) is 0 Å². The highest BCUT2D eigenvalue weighted by Gasteiger charge is 2.40. The molecule has 7 heteroatoms. The molecule has 0 radical (unpaired) electrons. The second-order valence-electron chi connectivity index (χ2n) is 7.01. The van der Waals surface area contributed by atoms with E-state index < -0.39 is 23.4 Å². The van der Waals surface area contributed by atoms with E-state index in [0.29, 0.717) is 24.7 Å². The predicted molar refractivity (Wildman–Crippen MR) is 100 cm³/mol. The lowest BCUT2D eigenvalue weighted by Crippen LogP contribution is -2.44. The average molecular weight is 382 g/mol. The smallest absolute Gasteiger partial charge is 0.148 e. The lowest BCUT2D eigenvalue weighted by molar-refractivity contribution is -0.0639. The molecule has 2 aliphatic carbocycles. The van der Waals surface area contributed by atoms with Crippen LogP contribution in [0.15, 0.2) is 47.0 Å². The Hall–Kier alpha value is -1.64. The van der Waals surface area contributed by atoms with Crippen molar-refractivity contribution in [2.24, 2.45) is 0 Å². The van der Waals surface area contributed by atoms with Crippen LogP contribution in [0, 0.1) is 0 Å². The normalized spacial score (nSPS) is 33.6. The van der Waals surface area contributed by atoms with Crippen molar-refractivity contribution in [1.29, 1.82) is 0 Å². The third kappa shape index (κ3) is 4.44. The monoisotopic (exact) mass is 382 g/mol. The summed E-state index contributed by atoms with van der Waals surface area (Å²) in [6.45, 7) is 3.91. The first-order valence-electron chi connectivity index (χ1n) is 8.72. The van der Waals surface area contributed by atoms with E-state index in [-0.39, 0.29) is 0 Å². The van der Waals surface area contributed by atoms with Crippen LogP contribution < -0.4 is 0 Å².